The number of hydrogen-bond donors (Lipinski definition) is 0. The van der Waals surface area contributed by atoms with E-state index >= 15 is 0 Å². The van der Waals surface area contributed by atoms with E-state index in [1.807, 2.05) is 19.1 Å². The van der Waals surface area contributed by atoms with Crippen LogP contribution in [0.3, 0.4) is 0 Å². The van der Waals surface area contributed by atoms with E-state index in [1.54, 1.807) is 23.0 Å². The maximum absolute atomic E-state index is 8.42. The van der Waals surface area contributed by atoms with E-state index < -0.39 is 0 Å². The monoisotopic (exact) mass is 200 g/mol. The van der Waals surface area contributed by atoms with Crippen LogP contribution in [0, 0.1) is 6.92 Å². The van der Waals surface area contributed by atoms with Crippen LogP contribution in [0.5, 0.6) is 0 Å². The molecule has 74 valence electrons. The van der Waals surface area contributed by atoms with Crippen LogP contribution < -0.4 is 0 Å². The second-order valence-electron chi connectivity index (χ2n) is 2.97. The molecule has 0 aliphatic rings. The minimum absolute atomic E-state index is 0.536. The first-order chi connectivity index (χ1) is 7.33. The van der Waals surface area contributed by atoms with Gasteiger partial charge in [-0.2, -0.15) is 0 Å². The number of nitrogens with zero attached hydrogens (tertiary/aromatic N) is 6. The van der Waals surface area contributed by atoms with Crippen LogP contribution in [-0.2, 0) is 0 Å². The summed E-state index contributed by atoms with van der Waals surface area (Å²) >= 11 is 0. The normalized spacial score (nSPS) is 9.67. The van der Waals surface area contributed by atoms with E-state index in [0.717, 1.165) is 11.4 Å². The second kappa shape index (κ2) is 3.81. The van der Waals surface area contributed by atoms with E-state index in [1.165, 1.54) is 0 Å². The van der Waals surface area contributed by atoms with Gasteiger partial charge < -0.3 is 0 Å². The molecule has 0 atom stereocenters. The average molecular weight is 200 g/mol. The van der Waals surface area contributed by atoms with Crippen molar-refractivity contribution in [1.29, 1.82) is 0 Å². The Morgan fingerprint density at radius 1 is 1.40 bits per heavy atom. The molecule has 0 spiro atoms. The second-order valence-corrected chi connectivity index (χ2v) is 2.97. The summed E-state index contributed by atoms with van der Waals surface area (Å²) < 4.78 is 1.63. The predicted molar refractivity (Wildman–Crippen MR) is 54.9 cm³/mol. The number of aryl methyl sites for hydroxylation is 1. The van der Waals surface area contributed by atoms with E-state index in [2.05, 4.69) is 20.3 Å². The first kappa shape index (κ1) is 9.23. The zero-order valence-corrected chi connectivity index (χ0v) is 8.07. The van der Waals surface area contributed by atoms with Crippen molar-refractivity contribution in [2.24, 2.45) is 5.11 Å². The van der Waals surface area contributed by atoms with Gasteiger partial charge in [0, 0.05) is 4.91 Å². The van der Waals surface area contributed by atoms with Gasteiger partial charge in [-0.15, -0.1) is 5.10 Å². The molecule has 0 saturated carbocycles. The van der Waals surface area contributed by atoms with Crippen LogP contribution in [-0.4, -0.2) is 15.0 Å². The van der Waals surface area contributed by atoms with Crippen molar-refractivity contribution in [2.45, 2.75) is 6.92 Å². The summed E-state index contributed by atoms with van der Waals surface area (Å²) in [6, 6.07) is 7.22. The Balaban J connectivity index is 2.62. The van der Waals surface area contributed by atoms with E-state index in [4.69, 9.17) is 5.53 Å². The SMILES string of the molecule is Cc1cnnn1-c1ccccc1N=[N+]=[N-]. The van der Waals surface area contributed by atoms with Gasteiger partial charge in [0.25, 0.3) is 0 Å². The summed E-state index contributed by atoms with van der Waals surface area (Å²) in [6.07, 6.45) is 1.65. The van der Waals surface area contributed by atoms with Crippen LogP contribution in [0.4, 0.5) is 5.69 Å². The van der Waals surface area contributed by atoms with Crippen LogP contribution in [0.2, 0.25) is 0 Å². The minimum atomic E-state index is 0.536. The van der Waals surface area contributed by atoms with Crippen LogP contribution in [0.15, 0.2) is 35.6 Å². The van der Waals surface area contributed by atoms with Gasteiger partial charge in [-0.25, -0.2) is 4.68 Å². The number of para-hydroxylation sites is 1. The van der Waals surface area contributed by atoms with Crippen molar-refractivity contribution in [1.82, 2.24) is 15.0 Å². The molecule has 1 aromatic heterocycles. The highest BCUT2D eigenvalue weighted by Gasteiger charge is 2.05. The summed E-state index contributed by atoms with van der Waals surface area (Å²) in [5, 5.41) is 11.3. The summed E-state index contributed by atoms with van der Waals surface area (Å²) in [4.78, 5) is 2.77. The largest absolute Gasteiger partial charge is 0.217 e. The van der Waals surface area contributed by atoms with Crippen LogP contribution in [0.25, 0.3) is 16.1 Å². The zero-order chi connectivity index (χ0) is 10.7. The Kier molecular flexibility index (Phi) is 2.35. The smallest absolute Gasteiger partial charge is 0.0762 e. The highest BCUT2D eigenvalue weighted by Crippen LogP contribution is 2.22. The van der Waals surface area contributed by atoms with Gasteiger partial charge >= 0.3 is 0 Å². The molecule has 0 fully saturated rings. The van der Waals surface area contributed by atoms with Crippen molar-refractivity contribution in [3.05, 3.63) is 46.6 Å². The highest BCUT2D eigenvalue weighted by molar-refractivity contribution is 5.56. The van der Waals surface area contributed by atoms with Crippen molar-refractivity contribution in [3.63, 3.8) is 0 Å². The van der Waals surface area contributed by atoms with Crippen molar-refractivity contribution in [3.8, 4) is 5.69 Å². The Morgan fingerprint density at radius 2 is 2.20 bits per heavy atom. The molecule has 0 radical (unpaired) electrons. The summed E-state index contributed by atoms with van der Waals surface area (Å²) in [6.45, 7) is 1.88. The minimum Gasteiger partial charge on any atom is -0.217 e. The standard InChI is InChI=1S/C9H8N6/c1-7-6-11-14-15(7)9-5-3-2-4-8(9)12-13-10/h2-6H,1H3. The molecule has 0 aliphatic heterocycles. The lowest BCUT2D eigenvalue weighted by molar-refractivity contribution is 0.785. The van der Waals surface area contributed by atoms with Gasteiger partial charge in [-0.05, 0) is 18.5 Å². The lowest BCUT2D eigenvalue weighted by atomic mass is 10.2. The van der Waals surface area contributed by atoms with E-state index in [-0.39, 0.29) is 0 Å². The highest BCUT2D eigenvalue weighted by atomic mass is 15.4. The first-order valence-corrected chi connectivity index (χ1v) is 4.35. The molecule has 1 heterocycles. The van der Waals surface area contributed by atoms with E-state index in [0.29, 0.717) is 5.69 Å². The molecule has 1 aromatic carbocycles. The van der Waals surface area contributed by atoms with Crippen LogP contribution >= 0.6 is 0 Å². The van der Waals surface area contributed by atoms with Gasteiger partial charge in [-0.3, -0.25) is 0 Å². The van der Waals surface area contributed by atoms with Gasteiger partial charge in [0.15, 0.2) is 0 Å². The topological polar surface area (TPSA) is 79.5 Å². The molecule has 6 nitrogen and oxygen atoms in total. The molecule has 2 aromatic rings. The first-order valence-electron chi connectivity index (χ1n) is 4.35. The van der Waals surface area contributed by atoms with Gasteiger partial charge in [0.1, 0.15) is 0 Å². The molecule has 0 amide bonds. The maximum Gasteiger partial charge on any atom is 0.0762 e. The van der Waals surface area contributed by atoms with E-state index in [9.17, 15) is 0 Å². The molecular formula is C9H8N6. The number of benzene rings is 1. The quantitative estimate of drug-likeness (QED) is 0.424. The zero-order valence-electron chi connectivity index (χ0n) is 8.07. The van der Waals surface area contributed by atoms with Crippen molar-refractivity contribution in [2.75, 3.05) is 0 Å². The lowest BCUT2D eigenvalue weighted by Gasteiger charge is -2.05. The molecule has 0 aliphatic carbocycles. The molecule has 6 heteroatoms. The molecule has 2 rings (SSSR count). The van der Waals surface area contributed by atoms with Gasteiger partial charge in [0.05, 0.1) is 23.3 Å². The number of aromatic nitrogens is 3. The van der Waals surface area contributed by atoms with Crippen molar-refractivity contribution >= 4 is 5.69 Å². The summed E-state index contributed by atoms with van der Waals surface area (Å²) in [5.74, 6) is 0. The Morgan fingerprint density at radius 3 is 2.87 bits per heavy atom. The molecule has 15 heavy (non-hydrogen) atoms. The predicted octanol–water partition coefficient (Wildman–Crippen LogP) is 2.52. The molecular weight excluding hydrogens is 192 g/mol. The third-order valence-electron chi connectivity index (χ3n) is 1.98. The molecule has 0 N–H and O–H groups in total. The van der Waals surface area contributed by atoms with Gasteiger partial charge in [0.2, 0.25) is 0 Å². The Hall–Kier alpha value is -2.33. The summed E-state index contributed by atoms with van der Waals surface area (Å²) in [5.41, 5.74) is 10.6. The Labute approximate surface area is 85.8 Å². The van der Waals surface area contributed by atoms with Crippen LogP contribution in [0.1, 0.15) is 5.69 Å². The maximum atomic E-state index is 8.42. The number of azide groups is 1. The average Bonchev–Trinajstić information content (AvgIpc) is 2.66. The number of hydrogen-bond acceptors (Lipinski definition) is 3. The third kappa shape index (κ3) is 1.66. The fourth-order valence-electron chi connectivity index (χ4n) is 1.30. The fraction of sp³-hybridized carbons (Fsp3) is 0.111. The third-order valence-corrected chi connectivity index (χ3v) is 1.98. The van der Waals surface area contributed by atoms with Crippen molar-refractivity contribution < 1.29 is 0 Å². The molecule has 0 unspecified atom stereocenters. The lowest BCUT2D eigenvalue weighted by Crippen LogP contribution is -1.98. The number of rotatable bonds is 2. The fourth-order valence-corrected chi connectivity index (χ4v) is 1.30. The molecule has 0 bridgehead atoms. The Bertz CT molecular complexity index is 523. The summed E-state index contributed by atoms with van der Waals surface area (Å²) in [7, 11) is 0. The molecule has 0 saturated heterocycles. The van der Waals surface area contributed by atoms with Gasteiger partial charge in [-0.1, -0.05) is 28.5 Å².